The van der Waals surface area contributed by atoms with E-state index in [0.29, 0.717) is 5.56 Å². The number of carbonyl (C=O) groups is 1. The molecule has 3 nitrogen and oxygen atoms in total. The fraction of sp³-hybridized carbons (Fsp3) is 0.278. The van der Waals surface area contributed by atoms with Crippen molar-refractivity contribution in [2.75, 3.05) is 6.54 Å². The first-order chi connectivity index (χ1) is 10.6. The molecule has 0 aliphatic carbocycles. The molecule has 1 fully saturated rings. The van der Waals surface area contributed by atoms with Crippen LogP contribution in [0.25, 0.3) is 0 Å². The summed E-state index contributed by atoms with van der Waals surface area (Å²) in [6.45, 7) is 0.752. The third kappa shape index (κ3) is 3.17. The highest BCUT2D eigenvalue weighted by Gasteiger charge is 2.30. The molecule has 2 aromatic rings. The first kappa shape index (κ1) is 15.1. The fourth-order valence-corrected chi connectivity index (χ4v) is 3.40. The number of benzene rings is 2. The molecule has 3 rings (SSSR count). The molecule has 4 heteroatoms. The fourth-order valence-electron chi connectivity index (χ4n) is 3.04. The van der Waals surface area contributed by atoms with Crippen LogP contribution in [-0.4, -0.2) is 28.5 Å². The van der Waals surface area contributed by atoms with Gasteiger partial charge in [-0.3, -0.25) is 4.79 Å². The molecule has 1 aliphatic rings. The number of likely N-dealkylation sites (tertiary alicyclic amines) is 1. The Morgan fingerprint density at radius 3 is 2.77 bits per heavy atom. The van der Waals surface area contributed by atoms with E-state index in [-0.39, 0.29) is 17.7 Å². The second-order valence-electron chi connectivity index (χ2n) is 5.65. The second-order valence-corrected chi connectivity index (χ2v) is 6.56. The van der Waals surface area contributed by atoms with Gasteiger partial charge in [-0.25, -0.2) is 0 Å². The number of aromatic hydroxyl groups is 1. The number of amides is 1. The van der Waals surface area contributed by atoms with Crippen molar-refractivity contribution in [2.45, 2.75) is 25.3 Å². The summed E-state index contributed by atoms with van der Waals surface area (Å²) in [6, 6.07) is 15.4. The molecule has 1 N–H and O–H groups in total. The molecule has 1 heterocycles. The lowest BCUT2D eigenvalue weighted by Crippen LogP contribution is -2.36. The van der Waals surface area contributed by atoms with Crippen LogP contribution in [0.2, 0.25) is 0 Å². The standard InChI is InChI=1S/C18H18BrNO2/c19-14-8-9-17(21)16(12-14)18(22)20-10-4-7-15(20)11-13-5-2-1-3-6-13/h1-3,5-6,8-9,12,15,21H,4,7,10-11H2. The van der Waals surface area contributed by atoms with Crippen molar-refractivity contribution in [3.8, 4) is 5.75 Å². The Labute approximate surface area is 138 Å². The van der Waals surface area contributed by atoms with Crippen LogP contribution in [0.15, 0.2) is 53.0 Å². The van der Waals surface area contributed by atoms with Crippen LogP contribution in [0.5, 0.6) is 5.75 Å². The Morgan fingerprint density at radius 1 is 1.23 bits per heavy atom. The van der Waals surface area contributed by atoms with Crippen molar-refractivity contribution < 1.29 is 9.90 Å². The van der Waals surface area contributed by atoms with Gasteiger partial charge in [0.05, 0.1) is 5.56 Å². The van der Waals surface area contributed by atoms with E-state index < -0.39 is 0 Å². The Morgan fingerprint density at radius 2 is 2.00 bits per heavy atom. The van der Waals surface area contributed by atoms with Crippen molar-refractivity contribution in [2.24, 2.45) is 0 Å². The first-order valence-corrected chi connectivity index (χ1v) is 8.28. The van der Waals surface area contributed by atoms with Gasteiger partial charge in [-0.05, 0) is 43.0 Å². The van der Waals surface area contributed by atoms with Gasteiger partial charge in [-0.2, -0.15) is 0 Å². The maximum atomic E-state index is 12.8. The second kappa shape index (κ2) is 6.53. The zero-order chi connectivity index (χ0) is 15.5. The molecule has 1 amide bonds. The minimum Gasteiger partial charge on any atom is -0.507 e. The highest BCUT2D eigenvalue weighted by Crippen LogP contribution is 2.28. The Balaban J connectivity index is 1.80. The molecular formula is C18H18BrNO2. The number of phenolic OH excluding ortho intramolecular Hbond substituents is 1. The Bertz CT molecular complexity index is 672. The van der Waals surface area contributed by atoms with E-state index in [0.717, 1.165) is 30.3 Å². The van der Waals surface area contributed by atoms with E-state index in [2.05, 4.69) is 28.1 Å². The number of halogens is 1. The van der Waals surface area contributed by atoms with Gasteiger partial charge in [0.25, 0.3) is 5.91 Å². The van der Waals surface area contributed by atoms with E-state index in [1.54, 1.807) is 18.2 Å². The molecule has 1 unspecified atom stereocenters. The summed E-state index contributed by atoms with van der Waals surface area (Å²) < 4.78 is 0.799. The highest BCUT2D eigenvalue weighted by atomic mass is 79.9. The summed E-state index contributed by atoms with van der Waals surface area (Å²) in [5, 5.41) is 9.97. The van der Waals surface area contributed by atoms with Crippen molar-refractivity contribution in [1.82, 2.24) is 4.90 Å². The zero-order valence-electron chi connectivity index (χ0n) is 12.2. The van der Waals surface area contributed by atoms with Gasteiger partial charge in [0.15, 0.2) is 0 Å². The van der Waals surface area contributed by atoms with Crippen molar-refractivity contribution in [1.29, 1.82) is 0 Å². The lowest BCUT2D eigenvalue weighted by molar-refractivity contribution is 0.0733. The third-order valence-electron chi connectivity index (χ3n) is 4.14. The van der Waals surface area contributed by atoms with Crippen LogP contribution in [0, 0.1) is 0 Å². The van der Waals surface area contributed by atoms with E-state index >= 15 is 0 Å². The predicted octanol–water partition coefficient (Wildman–Crippen LogP) is 4.00. The van der Waals surface area contributed by atoms with Gasteiger partial charge in [-0.15, -0.1) is 0 Å². The molecule has 0 radical (unpaired) electrons. The summed E-state index contributed by atoms with van der Waals surface area (Å²) in [5.74, 6) is -0.0456. The SMILES string of the molecule is O=C(c1cc(Br)ccc1O)N1CCCC1Cc1ccccc1. The van der Waals surface area contributed by atoms with Crippen LogP contribution in [0.4, 0.5) is 0 Å². The van der Waals surface area contributed by atoms with E-state index in [4.69, 9.17) is 0 Å². The normalized spacial score (nSPS) is 17.7. The number of carbonyl (C=O) groups excluding carboxylic acids is 1. The predicted molar refractivity (Wildman–Crippen MR) is 90.0 cm³/mol. The minimum atomic E-state index is -0.0859. The summed E-state index contributed by atoms with van der Waals surface area (Å²) in [5.41, 5.74) is 1.61. The molecule has 22 heavy (non-hydrogen) atoms. The van der Waals surface area contributed by atoms with Gasteiger partial charge < -0.3 is 10.0 Å². The van der Waals surface area contributed by atoms with Gasteiger partial charge >= 0.3 is 0 Å². The van der Waals surface area contributed by atoms with Gasteiger partial charge in [0.1, 0.15) is 5.75 Å². The Kier molecular flexibility index (Phi) is 4.48. The van der Waals surface area contributed by atoms with E-state index in [1.165, 1.54) is 5.56 Å². The topological polar surface area (TPSA) is 40.5 Å². The summed E-state index contributed by atoms with van der Waals surface area (Å²) in [6.07, 6.45) is 2.88. The molecule has 0 spiro atoms. The minimum absolute atomic E-state index is 0.0403. The van der Waals surface area contributed by atoms with E-state index in [1.807, 2.05) is 23.1 Å². The lowest BCUT2D eigenvalue weighted by Gasteiger charge is -2.25. The van der Waals surface area contributed by atoms with Gasteiger partial charge in [0.2, 0.25) is 0 Å². The summed E-state index contributed by atoms with van der Waals surface area (Å²) in [4.78, 5) is 14.7. The van der Waals surface area contributed by atoms with Crippen LogP contribution < -0.4 is 0 Å². The van der Waals surface area contributed by atoms with Crippen LogP contribution >= 0.6 is 15.9 Å². The summed E-state index contributed by atoms with van der Waals surface area (Å²) >= 11 is 3.36. The number of rotatable bonds is 3. The average Bonchev–Trinajstić information content (AvgIpc) is 2.98. The maximum absolute atomic E-state index is 12.8. The number of nitrogens with zero attached hydrogens (tertiary/aromatic N) is 1. The molecule has 0 aromatic heterocycles. The molecule has 0 bridgehead atoms. The van der Waals surface area contributed by atoms with Crippen molar-refractivity contribution in [3.63, 3.8) is 0 Å². The Hall–Kier alpha value is -1.81. The number of hydrogen-bond donors (Lipinski definition) is 1. The number of hydrogen-bond acceptors (Lipinski definition) is 2. The molecule has 1 aliphatic heterocycles. The van der Waals surface area contributed by atoms with Gasteiger partial charge in [-0.1, -0.05) is 46.3 Å². The van der Waals surface area contributed by atoms with Crippen LogP contribution in [0.1, 0.15) is 28.8 Å². The molecular weight excluding hydrogens is 342 g/mol. The molecule has 1 saturated heterocycles. The average molecular weight is 360 g/mol. The number of phenols is 1. The monoisotopic (exact) mass is 359 g/mol. The van der Waals surface area contributed by atoms with Crippen molar-refractivity contribution >= 4 is 21.8 Å². The molecule has 114 valence electrons. The third-order valence-corrected chi connectivity index (χ3v) is 4.63. The maximum Gasteiger partial charge on any atom is 0.257 e. The van der Waals surface area contributed by atoms with E-state index in [9.17, 15) is 9.90 Å². The van der Waals surface area contributed by atoms with Crippen LogP contribution in [0.3, 0.4) is 0 Å². The van der Waals surface area contributed by atoms with Crippen LogP contribution in [-0.2, 0) is 6.42 Å². The smallest absolute Gasteiger partial charge is 0.257 e. The first-order valence-electron chi connectivity index (χ1n) is 7.48. The summed E-state index contributed by atoms with van der Waals surface area (Å²) in [7, 11) is 0. The lowest BCUT2D eigenvalue weighted by atomic mass is 10.0. The largest absolute Gasteiger partial charge is 0.507 e. The highest BCUT2D eigenvalue weighted by molar-refractivity contribution is 9.10. The zero-order valence-corrected chi connectivity index (χ0v) is 13.8. The quantitative estimate of drug-likeness (QED) is 0.899. The molecule has 1 atom stereocenters. The van der Waals surface area contributed by atoms with Gasteiger partial charge in [0, 0.05) is 17.1 Å². The molecule has 0 saturated carbocycles. The van der Waals surface area contributed by atoms with Crippen molar-refractivity contribution in [3.05, 3.63) is 64.1 Å². The molecule has 2 aromatic carbocycles.